The fraction of sp³-hybridized carbons (Fsp3) is 0.692. The van der Waals surface area contributed by atoms with Gasteiger partial charge in [-0.05, 0) is 55.0 Å². The van der Waals surface area contributed by atoms with Gasteiger partial charge >= 0.3 is 0 Å². The highest BCUT2D eigenvalue weighted by atomic mass is 79.9. The Kier molecular flexibility index (Phi) is 5.21. The predicted octanol–water partition coefficient (Wildman–Crippen LogP) is 2.02. The Morgan fingerprint density at radius 3 is 2.89 bits per heavy atom. The topological polar surface area (TPSA) is 32.5 Å². The SMILES string of the molecule is CN1CCN(C)C(CC(N)Cc2ccc(Br)s2)C1. The molecule has 5 heteroatoms. The lowest BCUT2D eigenvalue weighted by Crippen LogP contribution is -2.51. The highest BCUT2D eigenvalue weighted by Gasteiger charge is 2.24. The van der Waals surface area contributed by atoms with Crippen LogP contribution < -0.4 is 5.73 Å². The lowest BCUT2D eigenvalue weighted by Gasteiger charge is -2.38. The molecule has 0 amide bonds. The fourth-order valence-electron chi connectivity index (χ4n) is 2.51. The third-order valence-electron chi connectivity index (χ3n) is 3.65. The summed E-state index contributed by atoms with van der Waals surface area (Å²) in [4.78, 5) is 6.23. The van der Waals surface area contributed by atoms with Gasteiger partial charge in [0, 0.05) is 36.6 Å². The van der Waals surface area contributed by atoms with E-state index in [0.29, 0.717) is 6.04 Å². The van der Waals surface area contributed by atoms with Crippen LogP contribution in [0.15, 0.2) is 15.9 Å². The molecule has 0 aromatic carbocycles. The Labute approximate surface area is 122 Å². The van der Waals surface area contributed by atoms with Gasteiger partial charge in [-0.25, -0.2) is 0 Å². The second kappa shape index (κ2) is 6.48. The van der Waals surface area contributed by atoms with Crippen molar-refractivity contribution in [1.82, 2.24) is 9.80 Å². The van der Waals surface area contributed by atoms with Crippen LogP contribution in [0.1, 0.15) is 11.3 Å². The van der Waals surface area contributed by atoms with Gasteiger partial charge in [-0.2, -0.15) is 0 Å². The maximum Gasteiger partial charge on any atom is 0.0701 e. The molecule has 2 unspecified atom stereocenters. The van der Waals surface area contributed by atoms with Crippen LogP contribution >= 0.6 is 27.3 Å². The number of piperazine rings is 1. The van der Waals surface area contributed by atoms with E-state index in [2.05, 4.69) is 52.0 Å². The average molecular weight is 332 g/mol. The fourth-order valence-corrected chi connectivity index (χ4v) is 4.08. The first-order chi connectivity index (χ1) is 8.54. The monoisotopic (exact) mass is 331 g/mol. The van der Waals surface area contributed by atoms with Gasteiger partial charge in [-0.1, -0.05) is 0 Å². The lowest BCUT2D eigenvalue weighted by atomic mass is 10.0. The number of thiophene rings is 1. The first kappa shape index (κ1) is 14.5. The molecule has 0 radical (unpaired) electrons. The van der Waals surface area contributed by atoms with Crippen LogP contribution in [0.5, 0.6) is 0 Å². The quantitative estimate of drug-likeness (QED) is 0.916. The molecule has 0 aliphatic carbocycles. The van der Waals surface area contributed by atoms with Crippen LogP contribution in [0.25, 0.3) is 0 Å². The van der Waals surface area contributed by atoms with Crippen LogP contribution in [-0.2, 0) is 6.42 Å². The third kappa shape index (κ3) is 4.03. The summed E-state index contributed by atoms with van der Waals surface area (Å²) in [6, 6.07) is 5.13. The van der Waals surface area contributed by atoms with Crippen LogP contribution in [0, 0.1) is 0 Å². The zero-order chi connectivity index (χ0) is 13.1. The molecule has 1 aliphatic heterocycles. The molecule has 18 heavy (non-hydrogen) atoms. The van der Waals surface area contributed by atoms with Gasteiger partial charge in [-0.15, -0.1) is 11.3 Å². The summed E-state index contributed by atoms with van der Waals surface area (Å²) in [7, 11) is 4.41. The van der Waals surface area contributed by atoms with Crippen LogP contribution in [0.3, 0.4) is 0 Å². The summed E-state index contributed by atoms with van der Waals surface area (Å²) >= 11 is 5.29. The van der Waals surface area contributed by atoms with E-state index in [1.54, 1.807) is 11.3 Å². The van der Waals surface area contributed by atoms with Gasteiger partial charge in [0.2, 0.25) is 0 Å². The number of nitrogens with zero attached hydrogens (tertiary/aromatic N) is 2. The Bertz CT molecular complexity index is 382. The average Bonchev–Trinajstić information content (AvgIpc) is 2.69. The highest BCUT2D eigenvalue weighted by Crippen LogP contribution is 2.24. The summed E-state index contributed by atoms with van der Waals surface area (Å²) in [5.74, 6) is 0. The van der Waals surface area contributed by atoms with Crippen molar-refractivity contribution in [3.8, 4) is 0 Å². The largest absolute Gasteiger partial charge is 0.327 e. The zero-order valence-corrected chi connectivity index (χ0v) is 13.5. The number of likely N-dealkylation sites (N-methyl/N-ethyl adjacent to an activating group) is 2. The molecule has 0 spiro atoms. The molecule has 1 aromatic rings. The second-order valence-electron chi connectivity index (χ2n) is 5.30. The summed E-state index contributed by atoms with van der Waals surface area (Å²) in [6.45, 7) is 3.46. The molecule has 1 aliphatic rings. The zero-order valence-electron chi connectivity index (χ0n) is 11.1. The molecule has 2 N–H and O–H groups in total. The van der Waals surface area contributed by atoms with Crippen LogP contribution in [0.2, 0.25) is 0 Å². The molecule has 1 fully saturated rings. The molecule has 3 nitrogen and oxygen atoms in total. The normalized spacial score (nSPS) is 24.3. The van der Waals surface area contributed by atoms with Gasteiger partial charge in [0.1, 0.15) is 0 Å². The van der Waals surface area contributed by atoms with E-state index in [1.165, 1.54) is 15.2 Å². The van der Waals surface area contributed by atoms with E-state index in [1.807, 2.05) is 0 Å². The predicted molar refractivity (Wildman–Crippen MR) is 82.2 cm³/mol. The minimum absolute atomic E-state index is 0.259. The van der Waals surface area contributed by atoms with E-state index in [4.69, 9.17) is 5.73 Å². The van der Waals surface area contributed by atoms with Crippen molar-refractivity contribution in [2.75, 3.05) is 33.7 Å². The Hall–Kier alpha value is 0.0600. The molecule has 2 rings (SSSR count). The van der Waals surface area contributed by atoms with E-state index >= 15 is 0 Å². The van der Waals surface area contributed by atoms with Gasteiger partial charge in [0.15, 0.2) is 0 Å². The van der Waals surface area contributed by atoms with Gasteiger partial charge in [-0.3, -0.25) is 0 Å². The second-order valence-corrected chi connectivity index (χ2v) is 7.85. The van der Waals surface area contributed by atoms with Crippen LogP contribution in [-0.4, -0.2) is 55.6 Å². The van der Waals surface area contributed by atoms with Crippen molar-refractivity contribution >= 4 is 27.3 Å². The minimum atomic E-state index is 0.259. The van der Waals surface area contributed by atoms with E-state index in [0.717, 1.165) is 25.9 Å². The summed E-state index contributed by atoms with van der Waals surface area (Å²) < 4.78 is 1.19. The van der Waals surface area contributed by atoms with Gasteiger partial charge < -0.3 is 15.5 Å². The van der Waals surface area contributed by atoms with E-state index < -0.39 is 0 Å². The molecular weight excluding hydrogens is 310 g/mol. The van der Waals surface area contributed by atoms with E-state index in [-0.39, 0.29) is 6.04 Å². The number of nitrogens with two attached hydrogens (primary N) is 1. The number of hydrogen-bond acceptors (Lipinski definition) is 4. The molecule has 0 saturated carbocycles. The third-order valence-corrected chi connectivity index (χ3v) is 5.29. The van der Waals surface area contributed by atoms with Crippen molar-refractivity contribution < 1.29 is 0 Å². The lowest BCUT2D eigenvalue weighted by molar-refractivity contribution is 0.104. The highest BCUT2D eigenvalue weighted by molar-refractivity contribution is 9.11. The summed E-state index contributed by atoms with van der Waals surface area (Å²) in [5, 5.41) is 0. The molecule has 2 heterocycles. The first-order valence-electron chi connectivity index (χ1n) is 6.43. The van der Waals surface area contributed by atoms with Gasteiger partial charge in [0.25, 0.3) is 0 Å². The number of halogens is 1. The number of hydrogen-bond donors (Lipinski definition) is 1. The van der Waals surface area contributed by atoms with Gasteiger partial charge in [0.05, 0.1) is 3.79 Å². The molecule has 1 saturated heterocycles. The molecule has 102 valence electrons. The minimum Gasteiger partial charge on any atom is -0.327 e. The maximum absolute atomic E-state index is 6.30. The number of rotatable bonds is 4. The molecule has 0 bridgehead atoms. The standard InChI is InChI=1S/C13H22BrN3S/c1-16-5-6-17(2)11(9-16)7-10(15)8-12-3-4-13(14)18-12/h3-4,10-11H,5-9,15H2,1-2H3. The van der Waals surface area contributed by atoms with Crippen molar-refractivity contribution in [1.29, 1.82) is 0 Å². The van der Waals surface area contributed by atoms with Crippen molar-refractivity contribution in [3.05, 3.63) is 20.8 Å². The Morgan fingerprint density at radius 1 is 1.44 bits per heavy atom. The Morgan fingerprint density at radius 2 is 2.22 bits per heavy atom. The van der Waals surface area contributed by atoms with Crippen LogP contribution in [0.4, 0.5) is 0 Å². The molecular formula is C13H22BrN3S. The summed E-state index contributed by atoms with van der Waals surface area (Å²) in [6.07, 6.45) is 2.07. The molecule has 2 atom stereocenters. The first-order valence-corrected chi connectivity index (χ1v) is 8.04. The van der Waals surface area contributed by atoms with Crippen molar-refractivity contribution in [3.63, 3.8) is 0 Å². The van der Waals surface area contributed by atoms with Crippen molar-refractivity contribution in [2.45, 2.75) is 24.9 Å². The Balaban J connectivity index is 1.84. The summed E-state index contributed by atoms with van der Waals surface area (Å²) in [5.41, 5.74) is 6.30. The van der Waals surface area contributed by atoms with Crippen molar-refractivity contribution in [2.24, 2.45) is 5.73 Å². The maximum atomic E-state index is 6.30. The van der Waals surface area contributed by atoms with E-state index in [9.17, 15) is 0 Å². The smallest absolute Gasteiger partial charge is 0.0701 e. The molecule has 1 aromatic heterocycles.